The number of aromatic nitrogens is 2. The largest absolute Gasteiger partial charge is 0.389 e. The molecule has 0 saturated carbocycles. The maximum Gasteiger partial charge on any atom is 0.260 e. The molecule has 0 fully saturated rings. The first kappa shape index (κ1) is 25.6. The van der Waals surface area contributed by atoms with Crippen LogP contribution in [-0.4, -0.2) is 52.4 Å². The molecule has 0 amide bonds. The van der Waals surface area contributed by atoms with Crippen LogP contribution in [-0.2, 0) is 11.3 Å². The van der Waals surface area contributed by atoms with Gasteiger partial charge in [0.15, 0.2) is 0 Å². The third kappa shape index (κ3) is 6.96. The van der Waals surface area contributed by atoms with Crippen LogP contribution in [0.3, 0.4) is 0 Å². The van der Waals surface area contributed by atoms with Gasteiger partial charge in [0.25, 0.3) is 5.56 Å². The van der Waals surface area contributed by atoms with Crippen LogP contribution in [0.1, 0.15) is 44.6 Å². The van der Waals surface area contributed by atoms with Gasteiger partial charge in [-0.1, -0.05) is 45.9 Å². The minimum Gasteiger partial charge on any atom is -0.389 e. The summed E-state index contributed by atoms with van der Waals surface area (Å²) < 4.78 is 5.60. The average Bonchev–Trinajstić information content (AvgIpc) is 3.13. The molecule has 0 aliphatic rings. The highest BCUT2D eigenvalue weighted by Gasteiger charge is 2.18. The highest BCUT2D eigenvalue weighted by molar-refractivity contribution is 7.17. The zero-order chi connectivity index (χ0) is 24.1. The maximum atomic E-state index is 13.1. The summed E-state index contributed by atoms with van der Waals surface area (Å²) in [6.45, 7) is 15.3. The van der Waals surface area contributed by atoms with E-state index in [0.29, 0.717) is 49.3 Å². The molecule has 180 valence electrons. The first-order chi connectivity index (χ1) is 15.6. The van der Waals surface area contributed by atoms with E-state index in [4.69, 9.17) is 9.72 Å². The molecule has 2 N–H and O–H groups in total. The van der Waals surface area contributed by atoms with Gasteiger partial charge in [0.2, 0.25) is 0 Å². The van der Waals surface area contributed by atoms with Gasteiger partial charge in [-0.25, -0.2) is 4.98 Å². The molecule has 0 radical (unpaired) electrons. The molecule has 3 rings (SSSR count). The maximum absolute atomic E-state index is 13.1. The summed E-state index contributed by atoms with van der Waals surface area (Å²) in [5, 5.41) is 13.1. The van der Waals surface area contributed by atoms with E-state index >= 15 is 0 Å². The van der Waals surface area contributed by atoms with E-state index in [1.54, 1.807) is 0 Å². The van der Waals surface area contributed by atoms with Crippen molar-refractivity contribution in [3.63, 3.8) is 0 Å². The number of hydrogen-bond acceptors (Lipinski definition) is 6. The number of aryl methyl sites for hydroxylation is 2. The number of aliphatic hydroxyl groups excluding tert-OH is 1. The van der Waals surface area contributed by atoms with E-state index in [1.807, 2.05) is 5.38 Å². The summed E-state index contributed by atoms with van der Waals surface area (Å²) in [4.78, 5) is 23.7. The highest BCUT2D eigenvalue weighted by Crippen LogP contribution is 2.31. The molecular formula is C26H37N3O3S. The number of nitrogens with zero attached hydrogens (tertiary/aromatic N) is 2. The van der Waals surface area contributed by atoms with Gasteiger partial charge in [-0.15, -0.1) is 11.3 Å². The number of hydrogen-bond donors (Lipinski definition) is 2. The minimum atomic E-state index is -0.587. The zero-order valence-electron chi connectivity index (χ0n) is 20.6. The minimum absolute atomic E-state index is 0.116. The Kier molecular flexibility index (Phi) is 8.82. The van der Waals surface area contributed by atoms with Crippen molar-refractivity contribution >= 4 is 21.6 Å². The van der Waals surface area contributed by atoms with Crippen molar-refractivity contribution in [2.24, 2.45) is 11.8 Å². The van der Waals surface area contributed by atoms with Crippen molar-refractivity contribution in [3.05, 3.63) is 50.9 Å². The summed E-state index contributed by atoms with van der Waals surface area (Å²) >= 11 is 1.50. The number of ether oxygens (including phenoxy) is 1. The SMILES string of the molecule is Cc1ccc(-c2csc3nc(CN(CC(C)C)C[C@@H](O)COCC(C)C)[nH]c(=O)c23)cc1C. The molecule has 0 unspecified atom stereocenters. The van der Waals surface area contributed by atoms with Gasteiger partial charge in [0.05, 0.1) is 24.6 Å². The molecule has 1 aromatic carbocycles. The van der Waals surface area contributed by atoms with Crippen molar-refractivity contribution in [1.29, 1.82) is 0 Å². The predicted octanol–water partition coefficient (Wildman–Crippen LogP) is 4.76. The summed E-state index contributed by atoms with van der Waals surface area (Å²) in [5.41, 5.74) is 4.28. The van der Waals surface area contributed by atoms with Gasteiger partial charge in [-0.2, -0.15) is 0 Å². The smallest absolute Gasteiger partial charge is 0.260 e. The second-order valence-electron chi connectivity index (χ2n) is 9.81. The second kappa shape index (κ2) is 11.4. The number of aliphatic hydroxyl groups is 1. The standard InChI is InChI=1S/C26H37N3O3S/c1-16(2)10-29(11-21(30)14-32-13-17(3)4)12-23-27-25(31)24-22(15-33-26(24)28-23)20-8-7-18(5)19(6)9-20/h7-9,15-17,21,30H,10-14H2,1-6H3,(H,27,28,31)/t21-/m1/s1. The van der Waals surface area contributed by atoms with Gasteiger partial charge in [0, 0.05) is 30.6 Å². The molecule has 3 aromatic rings. The fraction of sp³-hybridized carbons (Fsp3) is 0.538. The number of fused-ring (bicyclic) bond motifs is 1. The van der Waals surface area contributed by atoms with E-state index in [-0.39, 0.29) is 5.56 Å². The lowest BCUT2D eigenvalue weighted by atomic mass is 10.0. The lowest BCUT2D eigenvalue weighted by Crippen LogP contribution is -2.37. The molecule has 2 heterocycles. The normalized spacial score (nSPS) is 13.0. The number of benzene rings is 1. The van der Waals surface area contributed by atoms with Crippen LogP contribution in [0, 0.1) is 25.7 Å². The van der Waals surface area contributed by atoms with Crippen molar-refractivity contribution < 1.29 is 9.84 Å². The number of H-pyrrole nitrogens is 1. The topological polar surface area (TPSA) is 78.5 Å². The van der Waals surface area contributed by atoms with Crippen LogP contribution >= 0.6 is 11.3 Å². The summed E-state index contributed by atoms with van der Waals surface area (Å²) in [6.07, 6.45) is -0.587. The van der Waals surface area contributed by atoms with Gasteiger partial charge in [0.1, 0.15) is 10.7 Å². The molecule has 0 saturated heterocycles. The van der Waals surface area contributed by atoms with Crippen LogP contribution in [0.25, 0.3) is 21.3 Å². The van der Waals surface area contributed by atoms with Crippen molar-refractivity contribution in [2.75, 3.05) is 26.3 Å². The third-order valence-electron chi connectivity index (χ3n) is 5.54. The van der Waals surface area contributed by atoms with E-state index in [9.17, 15) is 9.90 Å². The van der Waals surface area contributed by atoms with Crippen molar-refractivity contribution in [3.8, 4) is 11.1 Å². The van der Waals surface area contributed by atoms with Crippen molar-refractivity contribution in [2.45, 2.75) is 54.2 Å². The van der Waals surface area contributed by atoms with Gasteiger partial charge >= 0.3 is 0 Å². The molecule has 2 aromatic heterocycles. The van der Waals surface area contributed by atoms with Crippen LogP contribution in [0.2, 0.25) is 0 Å². The van der Waals surface area contributed by atoms with Crippen LogP contribution < -0.4 is 5.56 Å². The lowest BCUT2D eigenvalue weighted by molar-refractivity contribution is 0.00485. The van der Waals surface area contributed by atoms with Crippen molar-refractivity contribution in [1.82, 2.24) is 14.9 Å². The molecule has 7 heteroatoms. The Hall–Kier alpha value is -2.06. The van der Waals surface area contributed by atoms with Gasteiger partial charge in [-0.3, -0.25) is 9.69 Å². The lowest BCUT2D eigenvalue weighted by Gasteiger charge is -2.26. The van der Waals surface area contributed by atoms with Gasteiger partial charge < -0.3 is 14.8 Å². The first-order valence-corrected chi connectivity index (χ1v) is 12.6. The van der Waals surface area contributed by atoms with E-state index < -0.39 is 6.10 Å². The van der Waals surface area contributed by atoms with Crippen LogP contribution in [0.15, 0.2) is 28.4 Å². The van der Waals surface area contributed by atoms with Gasteiger partial charge in [-0.05, 0) is 42.4 Å². The fourth-order valence-corrected chi connectivity index (χ4v) is 4.88. The quantitative estimate of drug-likeness (QED) is 0.422. The Balaban J connectivity index is 1.80. The van der Waals surface area contributed by atoms with Crippen LogP contribution in [0.4, 0.5) is 0 Å². The molecule has 0 spiro atoms. The Morgan fingerprint density at radius 1 is 1.09 bits per heavy atom. The van der Waals surface area contributed by atoms with Crippen LogP contribution in [0.5, 0.6) is 0 Å². The Morgan fingerprint density at radius 2 is 1.85 bits per heavy atom. The fourth-order valence-electron chi connectivity index (χ4n) is 3.91. The van der Waals surface area contributed by atoms with E-state index in [1.165, 1.54) is 22.5 Å². The predicted molar refractivity (Wildman–Crippen MR) is 137 cm³/mol. The zero-order valence-corrected chi connectivity index (χ0v) is 21.5. The number of rotatable bonds is 11. The Labute approximate surface area is 200 Å². The summed E-state index contributed by atoms with van der Waals surface area (Å²) in [5.74, 6) is 1.48. The Bertz CT molecular complexity index is 1120. The molecular weight excluding hydrogens is 434 g/mol. The molecule has 6 nitrogen and oxygen atoms in total. The number of thiophene rings is 1. The molecule has 0 aliphatic heterocycles. The number of nitrogens with one attached hydrogen (secondary N) is 1. The number of aromatic amines is 1. The van der Waals surface area contributed by atoms with E-state index in [0.717, 1.165) is 22.5 Å². The second-order valence-corrected chi connectivity index (χ2v) is 10.7. The summed E-state index contributed by atoms with van der Waals surface area (Å²) in [7, 11) is 0. The summed E-state index contributed by atoms with van der Waals surface area (Å²) in [6, 6.07) is 6.27. The molecule has 33 heavy (non-hydrogen) atoms. The molecule has 1 atom stereocenters. The molecule has 0 aliphatic carbocycles. The monoisotopic (exact) mass is 471 g/mol. The van der Waals surface area contributed by atoms with E-state index in [2.05, 4.69) is 69.6 Å². The average molecular weight is 472 g/mol. The third-order valence-corrected chi connectivity index (χ3v) is 6.41. The highest BCUT2D eigenvalue weighted by atomic mass is 32.1. The Morgan fingerprint density at radius 3 is 2.52 bits per heavy atom. The first-order valence-electron chi connectivity index (χ1n) is 11.7. The molecule has 0 bridgehead atoms.